The van der Waals surface area contributed by atoms with Crippen molar-refractivity contribution in [3.63, 3.8) is 0 Å². The van der Waals surface area contributed by atoms with E-state index in [2.05, 4.69) is 0 Å². The zero-order valence-corrected chi connectivity index (χ0v) is 18.5. The highest BCUT2D eigenvalue weighted by Gasteiger charge is 2.47. The van der Waals surface area contributed by atoms with Crippen molar-refractivity contribution >= 4 is 14.3 Å². The van der Waals surface area contributed by atoms with Gasteiger partial charge in [0.05, 0.1) is 14.3 Å². The molecule has 0 spiro atoms. The predicted molar refractivity (Wildman–Crippen MR) is 114 cm³/mol. The molecule has 4 saturated carbocycles. The van der Waals surface area contributed by atoms with Gasteiger partial charge in [0.15, 0.2) is 0 Å². The Morgan fingerprint density at radius 1 is 0.423 bits per heavy atom. The molecule has 0 atom stereocenters. The monoisotopic (exact) mass is 398 g/mol. The van der Waals surface area contributed by atoms with Crippen LogP contribution in [0.15, 0.2) is 0 Å². The van der Waals surface area contributed by atoms with E-state index in [1.165, 1.54) is 103 Å². The van der Waals surface area contributed by atoms with Crippen molar-refractivity contribution < 1.29 is 9.13 Å². The Labute approximate surface area is 161 Å². The van der Waals surface area contributed by atoms with Gasteiger partial charge in [-0.3, -0.25) is 0 Å². The SMILES string of the molecule is O=P(CCP(=O)(C1CCCC1)C1CCCC1)(C1CCCC1)C1CCCC1. The highest BCUT2D eigenvalue weighted by molar-refractivity contribution is 7.69. The molecule has 0 aliphatic heterocycles. The number of rotatable bonds is 7. The summed E-state index contributed by atoms with van der Waals surface area (Å²) >= 11 is 0. The van der Waals surface area contributed by atoms with Crippen molar-refractivity contribution in [2.45, 2.75) is 125 Å². The van der Waals surface area contributed by atoms with E-state index >= 15 is 0 Å². The van der Waals surface area contributed by atoms with Crippen LogP contribution in [0.5, 0.6) is 0 Å². The first-order valence-corrected chi connectivity index (χ1v) is 15.9. The zero-order valence-electron chi connectivity index (χ0n) is 16.7. The zero-order chi connectivity index (χ0) is 18.0. The molecule has 0 aromatic heterocycles. The summed E-state index contributed by atoms with van der Waals surface area (Å²) in [6, 6.07) is 0. The Morgan fingerprint density at radius 2 is 0.615 bits per heavy atom. The summed E-state index contributed by atoms with van der Waals surface area (Å²) in [6.45, 7) is 0. The van der Waals surface area contributed by atoms with E-state index in [1.54, 1.807) is 0 Å². The van der Waals surface area contributed by atoms with Crippen LogP contribution in [0.4, 0.5) is 0 Å². The smallest absolute Gasteiger partial charge is 0.0940 e. The summed E-state index contributed by atoms with van der Waals surface area (Å²) in [4.78, 5) is 0. The van der Waals surface area contributed by atoms with Gasteiger partial charge in [0.2, 0.25) is 0 Å². The summed E-state index contributed by atoms with van der Waals surface area (Å²) in [5.74, 6) is 0. The Hall–Kier alpha value is 0.460. The number of hydrogen-bond acceptors (Lipinski definition) is 2. The maximum Gasteiger partial charge on any atom is 0.0940 e. The van der Waals surface area contributed by atoms with Gasteiger partial charge in [-0.2, -0.15) is 0 Å². The molecule has 4 rings (SSSR count). The molecular formula is C22H40O2P2. The van der Waals surface area contributed by atoms with E-state index in [1.807, 2.05) is 0 Å². The van der Waals surface area contributed by atoms with Crippen LogP contribution in [0.25, 0.3) is 0 Å². The minimum absolute atomic E-state index is 0.492. The molecule has 0 radical (unpaired) electrons. The summed E-state index contributed by atoms with van der Waals surface area (Å²) < 4.78 is 28.7. The first kappa shape index (κ1) is 19.8. The highest BCUT2D eigenvalue weighted by atomic mass is 31.2. The van der Waals surface area contributed by atoms with Gasteiger partial charge in [-0.1, -0.05) is 51.4 Å². The lowest BCUT2D eigenvalue weighted by Crippen LogP contribution is -2.23. The molecule has 0 bridgehead atoms. The summed E-state index contributed by atoms with van der Waals surface area (Å²) in [6.07, 6.45) is 21.6. The molecule has 4 heteroatoms. The van der Waals surface area contributed by atoms with E-state index in [0.29, 0.717) is 22.6 Å². The third kappa shape index (κ3) is 3.81. The average molecular weight is 399 g/mol. The molecule has 0 unspecified atom stereocenters. The largest absolute Gasteiger partial charge is 0.323 e. The summed E-state index contributed by atoms with van der Waals surface area (Å²) in [5, 5.41) is 0. The van der Waals surface area contributed by atoms with Crippen LogP contribution in [0.3, 0.4) is 0 Å². The van der Waals surface area contributed by atoms with Crippen LogP contribution in [0.2, 0.25) is 0 Å². The Balaban J connectivity index is 1.53. The second-order valence-corrected chi connectivity index (χ2v) is 17.1. The summed E-state index contributed by atoms with van der Waals surface area (Å²) in [5.41, 5.74) is 1.97. The molecule has 4 aliphatic rings. The minimum atomic E-state index is -2.16. The first-order valence-electron chi connectivity index (χ1n) is 11.8. The van der Waals surface area contributed by atoms with Gasteiger partial charge in [0, 0.05) is 35.0 Å². The van der Waals surface area contributed by atoms with Crippen molar-refractivity contribution in [2.24, 2.45) is 0 Å². The molecule has 0 amide bonds. The van der Waals surface area contributed by atoms with E-state index in [9.17, 15) is 9.13 Å². The van der Waals surface area contributed by atoms with Gasteiger partial charge in [-0.15, -0.1) is 0 Å². The Morgan fingerprint density at radius 3 is 0.808 bits per heavy atom. The molecule has 0 aromatic rings. The average Bonchev–Trinajstić information content (AvgIpc) is 3.47. The van der Waals surface area contributed by atoms with Crippen LogP contribution in [0, 0.1) is 0 Å². The molecule has 0 aromatic carbocycles. The highest BCUT2D eigenvalue weighted by Crippen LogP contribution is 2.69. The van der Waals surface area contributed by atoms with Crippen molar-refractivity contribution in [1.82, 2.24) is 0 Å². The fraction of sp³-hybridized carbons (Fsp3) is 1.00. The molecular weight excluding hydrogens is 358 g/mol. The normalized spacial score (nSPS) is 27.8. The molecule has 2 nitrogen and oxygen atoms in total. The second kappa shape index (κ2) is 8.45. The minimum Gasteiger partial charge on any atom is -0.323 e. The molecule has 4 fully saturated rings. The quantitative estimate of drug-likeness (QED) is 0.416. The molecule has 0 saturated heterocycles. The maximum atomic E-state index is 14.4. The summed E-state index contributed by atoms with van der Waals surface area (Å²) in [7, 11) is -4.33. The van der Waals surface area contributed by atoms with Crippen molar-refractivity contribution in [2.75, 3.05) is 12.3 Å². The molecule has 4 aliphatic carbocycles. The standard InChI is InChI=1S/C22H40O2P2/c23-25(19-9-1-2-10-19,20-11-3-4-12-20)17-18-26(24,21-13-5-6-14-21)22-15-7-8-16-22/h19-22H,1-18H2. The molecule has 150 valence electrons. The third-order valence-electron chi connectivity index (χ3n) is 8.57. The van der Waals surface area contributed by atoms with Crippen LogP contribution in [-0.2, 0) is 9.13 Å². The van der Waals surface area contributed by atoms with E-state index in [4.69, 9.17) is 0 Å². The van der Waals surface area contributed by atoms with E-state index in [-0.39, 0.29) is 0 Å². The van der Waals surface area contributed by atoms with Crippen molar-refractivity contribution in [1.29, 1.82) is 0 Å². The van der Waals surface area contributed by atoms with Crippen molar-refractivity contribution in [3.05, 3.63) is 0 Å². The van der Waals surface area contributed by atoms with Crippen LogP contribution < -0.4 is 0 Å². The molecule has 0 heterocycles. The first-order chi connectivity index (χ1) is 12.6. The van der Waals surface area contributed by atoms with Gasteiger partial charge in [0.25, 0.3) is 0 Å². The lowest BCUT2D eigenvalue weighted by molar-refractivity contribution is 0.542. The predicted octanol–water partition coefficient (Wildman–Crippen LogP) is 7.48. The van der Waals surface area contributed by atoms with Gasteiger partial charge < -0.3 is 9.13 Å². The lowest BCUT2D eigenvalue weighted by Gasteiger charge is -2.35. The van der Waals surface area contributed by atoms with Gasteiger partial charge in [0.1, 0.15) is 0 Å². The molecule has 26 heavy (non-hydrogen) atoms. The topological polar surface area (TPSA) is 34.1 Å². The lowest BCUT2D eigenvalue weighted by atomic mass is 10.4. The molecule has 0 N–H and O–H groups in total. The number of hydrogen-bond donors (Lipinski definition) is 0. The van der Waals surface area contributed by atoms with E-state index in [0.717, 1.165) is 12.3 Å². The van der Waals surface area contributed by atoms with Crippen LogP contribution >= 0.6 is 14.3 Å². The van der Waals surface area contributed by atoms with Gasteiger partial charge in [-0.25, -0.2) is 0 Å². The fourth-order valence-corrected chi connectivity index (χ4v) is 17.1. The maximum absolute atomic E-state index is 14.4. The van der Waals surface area contributed by atoms with E-state index < -0.39 is 14.3 Å². The van der Waals surface area contributed by atoms with Crippen LogP contribution in [0.1, 0.15) is 103 Å². The van der Waals surface area contributed by atoms with Gasteiger partial charge in [-0.05, 0) is 51.4 Å². The fourth-order valence-electron chi connectivity index (χ4n) is 7.00. The Bertz CT molecular complexity index is 458. The van der Waals surface area contributed by atoms with Gasteiger partial charge >= 0.3 is 0 Å². The van der Waals surface area contributed by atoms with Crippen molar-refractivity contribution in [3.8, 4) is 0 Å². The third-order valence-corrected chi connectivity index (χ3v) is 17.8. The Kier molecular flexibility index (Phi) is 6.42. The second-order valence-electron chi connectivity index (χ2n) is 9.91. The van der Waals surface area contributed by atoms with Crippen LogP contribution in [-0.4, -0.2) is 35.0 Å².